The second kappa shape index (κ2) is 23.2. The fourth-order valence-corrected chi connectivity index (χ4v) is 4.94. The van der Waals surface area contributed by atoms with Gasteiger partial charge in [0.1, 0.15) is 0 Å². The molecule has 206 valence electrons. The summed E-state index contributed by atoms with van der Waals surface area (Å²) in [5.74, 6) is -0.172. The summed E-state index contributed by atoms with van der Waals surface area (Å²) in [5, 5.41) is 3.69. The monoisotopic (exact) mass is 505 g/mol. The molecule has 0 aliphatic rings. The average molecular weight is 506 g/mol. The van der Waals surface area contributed by atoms with E-state index < -0.39 is 10.1 Å². The molecule has 0 amide bonds. The lowest BCUT2D eigenvalue weighted by molar-refractivity contribution is 0.127. The topological polar surface area (TPSA) is 75.6 Å². The smallest absolute Gasteiger partial charge is 0.264 e. The molecule has 0 unspecified atom stereocenters. The number of nitrogens with one attached hydrogen (secondary N) is 1. The molecule has 0 aromatic rings. The van der Waals surface area contributed by atoms with Crippen LogP contribution >= 0.6 is 0 Å². The van der Waals surface area contributed by atoms with E-state index in [1.165, 1.54) is 103 Å². The Bertz CT molecular complexity index is 522. The maximum atomic E-state index is 10.6. The van der Waals surface area contributed by atoms with Gasteiger partial charge in [-0.15, -0.1) is 0 Å². The van der Waals surface area contributed by atoms with Gasteiger partial charge in [-0.2, -0.15) is 8.42 Å². The van der Waals surface area contributed by atoms with E-state index in [9.17, 15) is 8.42 Å². The first-order valence-corrected chi connectivity index (χ1v) is 16.2. The molecule has 0 heterocycles. The third-order valence-electron chi connectivity index (χ3n) is 6.67. The second-order valence-electron chi connectivity index (χ2n) is 10.8. The van der Waals surface area contributed by atoms with Gasteiger partial charge in [0.25, 0.3) is 10.1 Å². The third-order valence-corrected chi connectivity index (χ3v) is 7.47. The molecule has 0 bridgehead atoms. The summed E-state index contributed by atoms with van der Waals surface area (Å²) in [7, 11) is -3.83. The van der Waals surface area contributed by atoms with Crippen LogP contribution in [-0.2, 0) is 14.9 Å². The molecule has 0 fully saturated rings. The van der Waals surface area contributed by atoms with Crippen molar-refractivity contribution in [3.8, 4) is 0 Å². The molecule has 0 saturated heterocycles. The highest BCUT2D eigenvalue weighted by Gasteiger charge is 2.15. The first-order valence-electron chi connectivity index (χ1n) is 14.5. The van der Waals surface area contributed by atoms with Crippen molar-refractivity contribution in [2.24, 2.45) is 0 Å². The summed E-state index contributed by atoms with van der Waals surface area (Å²) in [6.07, 6.45) is 25.6. The van der Waals surface area contributed by atoms with E-state index in [4.69, 9.17) is 9.29 Å². The highest BCUT2D eigenvalue weighted by atomic mass is 32.2. The Labute approximate surface area is 213 Å². The highest BCUT2D eigenvalue weighted by molar-refractivity contribution is 7.85. The number of unbranched alkanes of at least 4 members (excludes halogenated alkanes) is 16. The van der Waals surface area contributed by atoms with Gasteiger partial charge in [-0.1, -0.05) is 103 Å². The van der Waals surface area contributed by atoms with Gasteiger partial charge in [0.05, 0.1) is 5.75 Å². The number of hydrogen-bond acceptors (Lipinski definition) is 4. The lowest BCUT2D eigenvalue weighted by atomic mass is 9.95. The van der Waals surface area contributed by atoms with Crippen molar-refractivity contribution in [1.82, 2.24) is 5.32 Å². The van der Waals surface area contributed by atoms with Crippen molar-refractivity contribution >= 4 is 10.1 Å². The average Bonchev–Trinajstić information content (AvgIpc) is 2.77. The first-order chi connectivity index (χ1) is 16.3. The Hall–Kier alpha value is -0.170. The minimum absolute atomic E-state index is 0.172. The zero-order valence-electron chi connectivity index (χ0n) is 23.1. The number of rotatable bonds is 27. The van der Waals surface area contributed by atoms with Crippen molar-refractivity contribution < 1.29 is 17.7 Å². The molecule has 34 heavy (non-hydrogen) atoms. The van der Waals surface area contributed by atoms with Crippen LogP contribution in [0.5, 0.6) is 0 Å². The quantitative estimate of drug-likeness (QED) is 0.0871. The van der Waals surface area contributed by atoms with Gasteiger partial charge in [0.15, 0.2) is 0 Å². The van der Waals surface area contributed by atoms with E-state index in [0.717, 1.165) is 19.4 Å². The van der Waals surface area contributed by atoms with E-state index in [-0.39, 0.29) is 11.3 Å². The molecular weight excluding hydrogens is 446 g/mol. The Morgan fingerprint density at radius 1 is 0.647 bits per heavy atom. The number of hydrogen-bond donors (Lipinski definition) is 2. The van der Waals surface area contributed by atoms with Crippen molar-refractivity contribution in [3.63, 3.8) is 0 Å². The standard InChI is InChI=1S/C28H59NO4S/c1-4-5-6-7-8-9-10-11-12-13-14-15-16-17-18-23-28(2,3)29-24-19-20-25-33-26-21-22-27-34(30,31)32/h29H,4-27H2,1-3H3,(H,30,31,32). The van der Waals surface area contributed by atoms with Gasteiger partial charge in [0, 0.05) is 18.8 Å². The van der Waals surface area contributed by atoms with Gasteiger partial charge in [-0.05, 0) is 52.5 Å². The minimum atomic E-state index is -3.83. The Balaban J connectivity index is 3.33. The van der Waals surface area contributed by atoms with E-state index in [0.29, 0.717) is 26.1 Å². The Morgan fingerprint density at radius 2 is 1.09 bits per heavy atom. The van der Waals surface area contributed by atoms with Crippen LogP contribution < -0.4 is 5.32 Å². The molecule has 0 spiro atoms. The van der Waals surface area contributed by atoms with Gasteiger partial charge in [0.2, 0.25) is 0 Å². The first kappa shape index (κ1) is 33.8. The van der Waals surface area contributed by atoms with E-state index in [1.54, 1.807) is 0 Å². The van der Waals surface area contributed by atoms with E-state index >= 15 is 0 Å². The molecule has 6 heteroatoms. The van der Waals surface area contributed by atoms with Crippen LogP contribution in [0.15, 0.2) is 0 Å². The normalized spacial score (nSPS) is 12.5. The van der Waals surface area contributed by atoms with Gasteiger partial charge < -0.3 is 10.1 Å². The maximum absolute atomic E-state index is 10.6. The van der Waals surface area contributed by atoms with Crippen molar-refractivity contribution in [2.45, 2.75) is 155 Å². The summed E-state index contributed by atoms with van der Waals surface area (Å²) >= 11 is 0. The van der Waals surface area contributed by atoms with E-state index in [2.05, 4.69) is 26.1 Å². The molecular formula is C28H59NO4S. The lowest BCUT2D eigenvalue weighted by Gasteiger charge is -2.26. The molecule has 0 saturated carbocycles. The summed E-state index contributed by atoms with van der Waals surface area (Å²) in [6, 6.07) is 0. The molecule has 0 radical (unpaired) electrons. The predicted octanol–water partition coefficient (Wildman–Crippen LogP) is 8.08. The molecule has 2 N–H and O–H groups in total. The zero-order chi connectivity index (χ0) is 25.4. The Kier molecular flexibility index (Phi) is 23.1. The minimum Gasteiger partial charge on any atom is -0.381 e. The predicted molar refractivity (Wildman–Crippen MR) is 147 cm³/mol. The SMILES string of the molecule is CCCCCCCCCCCCCCCCCC(C)(C)NCCCCOCCCCS(=O)(=O)O. The van der Waals surface area contributed by atoms with Crippen LogP contribution in [0.2, 0.25) is 0 Å². The second-order valence-corrected chi connectivity index (χ2v) is 12.4. The summed E-state index contributed by atoms with van der Waals surface area (Å²) in [6.45, 7) is 9.19. The molecule has 0 aliphatic carbocycles. The third kappa shape index (κ3) is 28.1. The zero-order valence-corrected chi connectivity index (χ0v) is 23.9. The molecule has 0 rings (SSSR count). The highest BCUT2D eigenvalue weighted by Crippen LogP contribution is 2.17. The van der Waals surface area contributed by atoms with Crippen molar-refractivity contribution in [2.75, 3.05) is 25.5 Å². The maximum Gasteiger partial charge on any atom is 0.264 e. The van der Waals surface area contributed by atoms with Crippen LogP contribution in [0.3, 0.4) is 0 Å². The van der Waals surface area contributed by atoms with E-state index in [1.807, 2.05) is 0 Å². The van der Waals surface area contributed by atoms with Crippen LogP contribution in [0.4, 0.5) is 0 Å². The summed E-state index contributed by atoms with van der Waals surface area (Å²) in [5.41, 5.74) is 0.202. The van der Waals surface area contributed by atoms with Gasteiger partial charge in [-0.25, -0.2) is 0 Å². The molecule has 0 aromatic carbocycles. The molecule has 0 aliphatic heterocycles. The lowest BCUT2D eigenvalue weighted by Crippen LogP contribution is -2.39. The summed E-state index contributed by atoms with van der Waals surface area (Å²) in [4.78, 5) is 0. The van der Waals surface area contributed by atoms with Crippen molar-refractivity contribution in [1.29, 1.82) is 0 Å². The Morgan fingerprint density at radius 3 is 1.56 bits per heavy atom. The number of ether oxygens (including phenoxy) is 1. The fourth-order valence-electron chi connectivity index (χ4n) is 4.37. The molecule has 0 atom stereocenters. The van der Waals surface area contributed by atoms with Crippen LogP contribution in [-0.4, -0.2) is 44.0 Å². The van der Waals surface area contributed by atoms with Gasteiger partial charge >= 0.3 is 0 Å². The van der Waals surface area contributed by atoms with Crippen LogP contribution in [0.1, 0.15) is 149 Å². The molecule has 0 aromatic heterocycles. The summed E-state index contributed by atoms with van der Waals surface area (Å²) < 4.78 is 35.5. The van der Waals surface area contributed by atoms with Crippen LogP contribution in [0.25, 0.3) is 0 Å². The fraction of sp³-hybridized carbons (Fsp3) is 1.00. The van der Waals surface area contributed by atoms with Gasteiger partial charge in [-0.3, -0.25) is 4.55 Å². The van der Waals surface area contributed by atoms with Crippen molar-refractivity contribution in [3.05, 3.63) is 0 Å². The largest absolute Gasteiger partial charge is 0.381 e. The molecule has 5 nitrogen and oxygen atoms in total. The van der Waals surface area contributed by atoms with Crippen LogP contribution in [0, 0.1) is 0 Å².